The van der Waals surface area contributed by atoms with Gasteiger partial charge in [0.1, 0.15) is 6.61 Å². The third kappa shape index (κ3) is 5.32. The Hall–Kier alpha value is -3.85. The minimum absolute atomic E-state index is 0.207. The number of allylic oxidation sites excluding steroid dienone is 1. The maximum absolute atomic E-state index is 11.6. The third-order valence-electron chi connectivity index (χ3n) is 5.76. The molecular formula is C24H27N7O2. The fourth-order valence-electron chi connectivity index (χ4n) is 3.85. The highest BCUT2D eigenvalue weighted by atomic mass is 16.3. The SMILES string of the molecule is Cn1cc(-c2cccc(-c3ncc(/C(C=N)=C/NC4CCN(C(=O)CO)CC4)cn3)c2)cn1. The van der Waals surface area contributed by atoms with Crippen LogP contribution in [0.3, 0.4) is 0 Å². The molecule has 1 fully saturated rings. The number of likely N-dealkylation sites (tertiary alicyclic amines) is 1. The van der Waals surface area contributed by atoms with Gasteiger partial charge in [0.2, 0.25) is 5.91 Å². The van der Waals surface area contributed by atoms with Gasteiger partial charge in [-0.2, -0.15) is 5.10 Å². The third-order valence-corrected chi connectivity index (χ3v) is 5.76. The van der Waals surface area contributed by atoms with E-state index in [4.69, 9.17) is 10.5 Å². The van der Waals surface area contributed by atoms with Crippen LogP contribution < -0.4 is 5.32 Å². The number of hydrogen-bond acceptors (Lipinski definition) is 7. The molecule has 1 saturated heterocycles. The van der Waals surface area contributed by atoms with Crippen molar-refractivity contribution in [1.82, 2.24) is 30.0 Å². The van der Waals surface area contributed by atoms with Gasteiger partial charge in [-0.05, 0) is 24.5 Å². The summed E-state index contributed by atoms with van der Waals surface area (Å²) in [6.45, 7) is 0.779. The molecule has 1 aromatic carbocycles. The molecule has 1 aliphatic rings. The number of aliphatic hydroxyl groups excluding tert-OH is 1. The zero-order chi connectivity index (χ0) is 23.2. The summed E-state index contributed by atoms with van der Waals surface area (Å²) in [7, 11) is 1.89. The lowest BCUT2D eigenvalue weighted by Gasteiger charge is -2.31. The fourth-order valence-corrected chi connectivity index (χ4v) is 3.85. The van der Waals surface area contributed by atoms with Crippen molar-refractivity contribution < 1.29 is 9.90 Å². The minimum atomic E-state index is -0.445. The van der Waals surface area contributed by atoms with E-state index in [2.05, 4.69) is 20.4 Å². The Labute approximate surface area is 192 Å². The molecule has 4 rings (SSSR count). The molecule has 33 heavy (non-hydrogen) atoms. The van der Waals surface area contributed by atoms with Crippen LogP contribution in [0.2, 0.25) is 0 Å². The summed E-state index contributed by atoms with van der Waals surface area (Å²) in [6, 6.07) is 8.21. The van der Waals surface area contributed by atoms with E-state index in [9.17, 15) is 4.79 Å². The van der Waals surface area contributed by atoms with Crippen molar-refractivity contribution in [3.05, 3.63) is 60.8 Å². The molecule has 0 unspecified atom stereocenters. The summed E-state index contributed by atoms with van der Waals surface area (Å²) in [4.78, 5) is 22.3. The summed E-state index contributed by atoms with van der Waals surface area (Å²) in [6.07, 6.45) is 11.9. The molecule has 0 radical (unpaired) electrons. The number of amides is 1. The van der Waals surface area contributed by atoms with Crippen molar-refractivity contribution in [1.29, 1.82) is 5.41 Å². The Balaban J connectivity index is 1.43. The van der Waals surface area contributed by atoms with E-state index in [1.807, 2.05) is 49.9 Å². The Kier molecular flexibility index (Phi) is 6.89. The lowest BCUT2D eigenvalue weighted by Crippen LogP contribution is -2.44. The van der Waals surface area contributed by atoms with E-state index in [0.29, 0.717) is 24.5 Å². The predicted molar refractivity (Wildman–Crippen MR) is 126 cm³/mol. The van der Waals surface area contributed by atoms with Gasteiger partial charge in [0.05, 0.1) is 6.20 Å². The van der Waals surface area contributed by atoms with Gasteiger partial charge < -0.3 is 20.7 Å². The summed E-state index contributed by atoms with van der Waals surface area (Å²) >= 11 is 0. The van der Waals surface area contributed by atoms with Crippen molar-refractivity contribution >= 4 is 17.7 Å². The summed E-state index contributed by atoms with van der Waals surface area (Å²) in [5, 5.41) is 24.4. The van der Waals surface area contributed by atoms with Crippen LogP contribution in [0.25, 0.3) is 28.1 Å². The van der Waals surface area contributed by atoms with Gasteiger partial charge in [0.25, 0.3) is 0 Å². The zero-order valence-corrected chi connectivity index (χ0v) is 18.5. The lowest BCUT2D eigenvalue weighted by molar-refractivity contribution is -0.135. The number of rotatable bonds is 7. The van der Waals surface area contributed by atoms with Crippen molar-refractivity contribution in [3.63, 3.8) is 0 Å². The van der Waals surface area contributed by atoms with Gasteiger partial charge in [0.15, 0.2) is 5.82 Å². The van der Waals surface area contributed by atoms with E-state index in [0.717, 1.165) is 35.1 Å². The van der Waals surface area contributed by atoms with Gasteiger partial charge in [0, 0.05) is 79.4 Å². The van der Waals surface area contributed by atoms with Crippen molar-refractivity contribution in [2.45, 2.75) is 18.9 Å². The van der Waals surface area contributed by atoms with Crippen molar-refractivity contribution in [3.8, 4) is 22.5 Å². The predicted octanol–water partition coefficient (Wildman–Crippen LogP) is 2.11. The molecule has 1 amide bonds. The van der Waals surface area contributed by atoms with Gasteiger partial charge >= 0.3 is 0 Å². The van der Waals surface area contributed by atoms with Crippen LogP contribution in [0.5, 0.6) is 0 Å². The largest absolute Gasteiger partial charge is 0.387 e. The Morgan fingerprint density at radius 2 is 1.91 bits per heavy atom. The number of hydrogen-bond donors (Lipinski definition) is 3. The second kappa shape index (κ2) is 10.2. The fraction of sp³-hybridized carbons (Fsp3) is 0.292. The maximum Gasteiger partial charge on any atom is 0.248 e. The van der Waals surface area contributed by atoms with Gasteiger partial charge in [-0.3, -0.25) is 9.48 Å². The Morgan fingerprint density at radius 3 is 2.55 bits per heavy atom. The Morgan fingerprint density at radius 1 is 1.18 bits per heavy atom. The number of piperidine rings is 1. The molecule has 0 bridgehead atoms. The minimum Gasteiger partial charge on any atom is -0.387 e. The highest BCUT2D eigenvalue weighted by Crippen LogP contribution is 2.24. The van der Waals surface area contributed by atoms with Crippen LogP contribution in [0.15, 0.2) is 55.3 Å². The molecule has 0 spiro atoms. The first-order chi connectivity index (χ1) is 16.1. The average Bonchev–Trinajstić information content (AvgIpc) is 3.31. The van der Waals surface area contributed by atoms with Crippen LogP contribution in [0.4, 0.5) is 0 Å². The standard InChI is InChI=1S/C24H27N7O2/c1-30-15-21(14-29-30)17-3-2-4-18(9-17)24-27-12-20(13-28-24)19(10-25)11-26-22-5-7-31(8-6-22)23(33)16-32/h2-4,9-15,22,25-26,32H,5-8,16H2,1H3/b19-11+,25-10?. The van der Waals surface area contributed by atoms with E-state index in [-0.39, 0.29) is 11.9 Å². The lowest BCUT2D eigenvalue weighted by atomic mass is 10.0. The number of nitrogens with one attached hydrogen (secondary N) is 2. The molecule has 2 aromatic heterocycles. The maximum atomic E-state index is 11.6. The summed E-state index contributed by atoms with van der Waals surface area (Å²) in [5.74, 6) is 0.384. The van der Waals surface area contributed by atoms with E-state index in [1.165, 1.54) is 6.21 Å². The van der Waals surface area contributed by atoms with Crippen LogP contribution in [-0.4, -0.2) is 67.6 Å². The quantitative estimate of drug-likeness (QED) is 0.479. The molecule has 1 aliphatic heterocycles. The summed E-state index contributed by atoms with van der Waals surface area (Å²) in [5.41, 5.74) is 4.41. The number of aromatic nitrogens is 4. The number of nitrogens with zero attached hydrogens (tertiary/aromatic N) is 5. The second-order valence-corrected chi connectivity index (χ2v) is 8.00. The van der Waals surface area contributed by atoms with E-state index >= 15 is 0 Å². The van der Waals surface area contributed by atoms with Crippen LogP contribution >= 0.6 is 0 Å². The second-order valence-electron chi connectivity index (χ2n) is 8.00. The average molecular weight is 446 g/mol. The first-order valence-electron chi connectivity index (χ1n) is 10.8. The normalized spacial score (nSPS) is 14.8. The van der Waals surface area contributed by atoms with Crippen molar-refractivity contribution in [2.24, 2.45) is 7.05 Å². The number of carbonyl (C=O) groups excluding carboxylic acids is 1. The number of aliphatic hydroxyl groups is 1. The molecule has 0 aliphatic carbocycles. The zero-order valence-electron chi connectivity index (χ0n) is 18.5. The Bertz CT molecular complexity index is 1150. The first-order valence-corrected chi connectivity index (χ1v) is 10.8. The summed E-state index contributed by atoms with van der Waals surface area (Å²) < 4.78 is 1.77. The van der Waals surface area contributed by atoms with Gasteiger partial charge in [-0.1, -0.05) is 18.2 Å². The monoisotopic (exact) mass is 445 g/mol. The molecule has 0 saturated carbocycles. The molecular weight excluding hydrogens is 418 g/mol. The molecule has 3 aromatic rings. The smallest absolute Gasteiger partial charge is 0.248 e. The number of benzene rings is 1. The van der Waals surface area contributed by atoms with Gasteiger partial charge in [-0.15, -0.1) is 0 Å². The van der Waals surface area contributed by atoms with Crippen molar-refractivity contribution in [2.75, 3.05) is 19.7 Å². The molecule has 9 nitrogen and oxygen atoms in total. The molecule has 9 heteroatoms. The topological polar surface area (TPSA) is 120 Å². The highest BCUT2D eigenvalue weighted by molar-refractivity contribution is 6.07. The molecule has 170 valence electrons. The number of carbonyl (C=O) groups is 1. The van der Waals surface area contributed by atoms with Crippen LogP contribution in [0, 0.1) is 5.41 Å². The van der Waals surface area contributed by atoms with Gasteiger partial charge in [-0.25, -0.2) is 9.97 Å². The van der Waals surface area contributed by atoms with E-state index < -0.39 is 6.61 Å². The van der Waals surface area contributed by atoms with Crippen LogP contribution in [0.1, 0.15) is 18.4 Å². The molecule has 3 heterocycles. The van der Waals surface area contributed by atoms with Crippen LogP contribution in [-0.2, 0) is 11.8 Å². The molecule has 3 N–H and O–H groups in total. The van der Waals surface area contributed by atoms with E-state index in [1.54, 1.807) is 22.0 Å². The molecule has 0 atom stereocenters. The first kappa shape index (κ1) is 22.3. The highest BCUT2D eigenvalue weighted by Gasteiger charge is 2.21. The number of aryl methyl sites for hydroxylation is 1.